The number of hydrogen-bond acceptors (Lipinski definition) is 4. The van der Waals surface area contributed by atoms with Gasteiger partial charge in [0.25, 0.3) is 0 Å². The van der Waals surface area contributed by atoms with E-state index in [-0.39, 0.29) is 18.4 Å². The van der Waals surface area contributed by atoms with Gasteiger partial charge in [0.05, 0.1) is 19.2 Å². The fourth-order valence-electron chi connectivity index (χ4n) is 1.59. The van der Waals surface area contributed by atoms with Crippen LogP contribution in [0.4, 0.5) is 5.69 Å². The second kappa shape index (κ2) is 8.19. The SMILES string of the molecule is COC(=O)c1ccc(NCC(=O)NCCC(C)C)cc1. The summed E-state index contributed by atoms with van der Waals surface area (Å²) >= 11 is 0. The predicted molar refractivity (Wildman–Crippen MR) is 78.7 cm³/mol. The molecule has 0 heterocycles. The zero-order chi connectivity index (χ0) is 15.0. The summed E-state index contributed by atoms with van der Waals surface area (Å²) in [4.78, 5) is 22.8. The number of ether oxygens (including phenoxy) is 1. The highest BCUT2D eigenvalue weighted by atomic mass is 16.5. The van der Waals surface area contributed by atoms with E-state index in [4.69, 9.17) is 0 Å². The molecule has 1 aromatic rings. The van der Waals surface area contributed by atoms with Crippen molar-refractivity contribution in [1.82, 2.24) is 5.32 Å². The van der Waals surface area contributed by atoms with Crippen LogP contribution < -0.4 is 10.6 Å². The van der Waals surface area contributed by atoms with Gasteiger partial charge in [-0.3, -0.25) is 4.79 Å². The maximum absolute atomic E-state index is 11.6. The summed E-state index contributed by atoms with van der Waals surface area (Å²) in [7, 11) is 1.34. The molecule has 5 heteroatoms. The van der Waals surface area contributed by atoms with Gasteiger partial charge in [0.1, 0.15) is 0 Å². The molecule has 0 atom stereocenters. The molecule has 0 aliphatic rings. The van der Waals surface area contributed by atoms with Gasteiger partial charge in [0.15, 0.2) is 0 Å². The maximum atomic E-state index is 11.6. The molecule has 1 amide bonds. The van der Waals surface area contributed by atoms with Gasteiger partial charge in [-0.25, -0.2) is 4.79 Å². The Hall–Kier alpha value is -2.04. The van der Waals surface area contributed by atoms with E-state index in [9.17, 15) is 9.59 Å². The second-order valence-corrected chi connectivity index (χ2v) is 4.95. The van der Waals surface area contributed by atoms with Crippen molar-refractivity contribution in [2.75, 3.05) is 25.5 Å². The van der Waals surface area contributed by atoms with Crippen molar-refractivity contribution in [3.05, 3.63) is 29.8 Å². The fraction of sp³-hybridized carbons (Fsp3) is 0.467. The van der Waals surface area contributed by atoms with Crippen molar-refractivity contribution in [3.8, 4) is 0 Å². The quantitative estimate of drug-likeness (QED) is 0.749. The van der Waals surface area contributed by atoms with Crippen LogP contribution in [-0.4, -0.2) is 32.1 Å². The van der Waals surface area contributed by atoms with Crippen LogP contribution in [0.25, 0.3) is 0 Å². The molecule has 0 unspecified atom stereocenters. The molecule has 0 aromatic heterocycles. The first-order valence-electron chi connectivity index (χ1n) is 6.72. The lowest BCUT2D eigenvalue weighted by molar-refractivity contribution is -0.119. The number of carbonyl (C=O) groups is 2. The highest BCUT2D eigenvalue weighted by Gasteiger charge is 2.05. The summed E-state index contributed by atoms with van der Waals surface area (Å²) < 4.78 is 4.61. The maximum Gasteiger partial charge on any atom is 0.337 e. The lowest BCUT2D eigenvalue weighted by Gasteiger charge is -2.09. The summed E-state index contributed by atoms with van der Waals surface area (Å²) in [5.74, 6) is 0.166. The van der Waals surface area contributed by atoms with E-state index >= 15 is 0 Å². The number of carbonyl (C=O) groups excluding carboxylic acids is 2. The normalized spacial score (nSPS) is 10.2. The highest BCUT2D eigenvalue weighted by molar-refractivity contribution is 5.89. The summed E-state index contributed by atoms with van der Waals surface area (Å²) in [6, 6.07) is 6.80. The van der Waals surface area contributed by atoms with Crippen LogP contribution >= 0.6 is 0 Å². The number of hydrogen-bond donors (Lipinski definition) is 2. The minimum atomic E-state index is -0.372. The monoisotopic (exact) mass is 278 g/mol. The molecule has 0 aliphatic carbocycles. The average Bonchev–Trinajstić information content (AvgIpc) is 2.44. The summed E-state index contributed by atoms with van der Waals surface area (Å²) in [6.07, 6.45) is 0.972. The van der Waals surface area contributed by atoms with Gasteiger partial charge in [0.2, 0.25) is 5.91 Å². The van der Waals surface area contributed by atoms with Crippen molar-refractivity contribution < 1.29 is 14.3 Å². The average molecular weight is 278 g/mol. The van der Waals surface area contributed by atoms with Crippen molar-refractivity contribution in [3.63, 3.8) is 0 Å². The van der Waals surface area contributed by atoms with Crippen molar-refractivity contribution in [1.29, 1.82) is 0 Å². The van der Waals surface area contributed by atoms with Crippen LogP contribution in [-0.2, 0) is 9.53 Å². The number of nitrogens with one attached hydrogen (secondary N) is 2. The minimum absolute atomic E-state index is 0.0392. The Kier molecular flexibility index (Phi) is 6.56. The Morgan fingerprint density at radius 3 is 2.40 bits per heavy atom. The minimum Gasteiger partial charge on any atom is -0.465 e. The van der Waals surface area contributed by atoms with Crippen molar-refractivity contribution in [2.24, 2.45) is 5.92 Å². The third kappa shape index (κ3) is 5.73. The summed E-state index contributed by atoms with van der Waals surface area (Å²) in [5, 5.41) is 5.85. The molecule has 0 saturated carbocycles. The number of amides is 1. The van der Waals surface area contributed by atoms with Crippen molar-refractivity contribution >= 4 is 17.6 Å². The molecule has 20 heavy (non-hydrogen) atoms. The molecule has 0 saturated heterocycles. The molecule has 5 nitrogen and oxygen atoms in total. The second-order valence-electron chi connectivity index (χ2n) is 4.95. The van der Waals surface area contributed by atoms with Gasteiger partial charge >= 0.3 is 5.97 Å². The third-order valence-electron chi connectivity index (χ3n) is 2.80. The lowest BCUT2D eigenvalue weighted by Crippen LogP contribution is -2.31. The van der Waals surface area contributed by atoms with E-state index in [1.54, 1.807) is 24.3 Å². The Bertz CT molecular complexity index is 441. The Balaban J connectivity index is 2.34. The molecule has 0 bridgehead atoms. The molecule has 1 rings (SSSR count). The number of esters is 1. The summed E-state index contributed by atoms with van der Waals surface area (Å²) in [5.41, 5.74) is 1.27. The number of benzene rings is 1. The first-order valence-corrected chi connectivity index (χ1v) is 6.72. The van der Waals surface area contributed by atoms with Crippen LogP contribution in [0.15, 0.2) is 24.3 Å². The summed E-state index contributed by atoms with van der Waals surface area (Å²) in [6.45, 7) is 5.15. The highest BCUT2D eigenvalue weighted by Crippen LogP contribution is 2.09. The molecule has 2 N–H and O–H groups in total. The van der Waals surface area contributed by atoms with Gasteiger partial charge in [0, 0.05) is 12.2 Å². The van der Waals surface area contributed by atoms with Crippen LogP contribution in [0.3, 0.4) is 0 Å². The zero-order valence-corrected chi connectivity index (χ0v) is 12.2. The molecule has 1 aromatic carbocycles. The van der Waals surface area contributed by atoms with E-state index < -0.39 is 0 Å². The predicted octanol–water partition coefficient (Wildman–Crippen LogP) is 2.05. The molecule has 0 fully saturated rings. The van der Waals surface area contributed by atoms with Gasteiger partial charge < -0.3 is 15.4 Å². The fourth-order valence-corrected chi connectivity index (χ4v) is 1.59. The zero-order valence-electron chi connectivity index (χ0n) is 12.2. The van der Waals surface area contributed by atoms with Gasteiger partial charge in [-0.15, -0.1) is 0 Å². The molecule has 0 aliphatic heterocycles. The van der Waals surface area contributed by atoms with E-state index in [0.717, 1.165) is 12.1 Å². The first kappa shape index (κ1) is 16.0. The smallest absolute Gasteiger partial charge is 0.337 e. The Labute approximate surface area is 119 Å². The topological polar surface area (TPSA) is 67.4 Å². The van der Waals surface area contributed by atoms with Crippen molar-refractivity contribution in [2.45, 2.75) is 20.3 Å². The lowest BCUT2D eigenvalue weighted by atomic mass is 10.1. The Morgan fingerprint density at radius 2 is 1.85 bits per heavy atom. The third-order valence-corrected chi connectivity index (χ3v) is 2.80. The van der Waals surface area contributed by atoms with Gasteiger partial charge in [-0.1, -0.05) is 13.8 Å². The van der Waals surface area contributed by atoms with E-state index in [2.05, 4.69) is 29.2 Å². The van der Waals surface area contributed by atoms with Crippen LogP contribution in [0, 0.1) is 5.92 Å². The number of methoxy groups -OCH3 is 1. The van der Waals surface area contributed by atoms with E-state index in [0.29, 0.717) is 18.0 Å². The number of anilines is 1. The molecule has 110 valence electrons. The van der Waals surface area contributed by atoms with Gasteiger partial charge in [-0.2, -0.15) is 0 Å². The Morgan fingerprint density at radius 1 is 1.20 bits per heavy atom. The molecular formula is C15H22N2O3. The van der Waals surface area contributed by atoms with E-state index in [1.165, 1.54) is 7.11 Å². The van der Waals surface area contributed by atoms with Crippen LogP contribution in [0.2, 0.25) is 0 Å². The molecular weight excluding hydrogens is 256 g/mol. The van der Waals surface area contributed by atoms with Crippen LogP contribution in [0.5, 0.6) is 0 Å². The molecule has 0 spiro atoms. The van der Waals surface area contributed by atoms with Crippen LogP contribution in [0.1, 0.15) is 30.6 Å². The standard InChI is InChI=1S/C15H22N2O3/c1-11(2)8-9-16-14(18)10-17-13-6-4-12(5-7-13)15(19)20-3/h4-7,11,17H,8-10H2,1-3H3,(H,16,18). The first-order chi connectivity index (χ1) is 9.52. The van der Waals surface area contributed by atoms with E-state index in [1.807, 2.05) is 0 Å². The molecule has 0 radical (unpaired) electrons. The largest absolute Gasteiger partial charge is 0.465 e. The number of rotatable bonds is 7. The van der Waals surface area contributed by atoms with Gasteiger partial charge in [-0.05, 0) is 36.6 Å².